The third kappa shape index (κ3) is 4.35. The van der Waals surface area contributed by atoms with Gasteiger partial charge in [-0.15, -0.1) is 0 Å². The second-order valence-corrected chi connectivity index (χ2v) is 10.3. The standard InChI is InChI=1S/C21H24ClN3O5S/c1-12(2)29-21-16(22)10-14(11-24-21)30-17-7-6-15(20(23)26)19(18(17)13-4-5-13)31(27,28)25-8-3-9-25/h6-7,10-13H,3-5,8-9H2,1-2H3,(H2,23,26). The first-order valence-corrected chi connectivity index (χ1v) is 12.0. The Hall–Kier alpha value is -2.36. The second kappa shape index (κ2) is 8.29. The van der Waals surface area contributed by atoms with Crippen molar-refractivity contribution in [2.24, 2.45) is 5.73 Å². The van der Waals surface area contributed by atoms with Crippen LogP contribution in [0.2, 0.25) is 5.02 Å². The van der Waals surface area contributed by atoms with Crippen LogP contribution in [0.3, 0.4) is 0 Å². The lowest BCUT2D eigenvalue weighted by atomic mass is 10.0. The molecule has 1 aliphatic heterocycles. The predicted molar refractivity (Wildman–Crippen MR) is 115 cm³/mol. The summed E-state index contributed by atoms with van der Waals surface area (Å²) in [4.78, 5) is 16.2. The molecule has 8 nitrogen and oxygen atoms in total. The first kappa shape index (κ1) is 21.9. The fourth-order valence-electron chi connectivity index (χ4n) is 3.46. The highest BCUT2D eigenvalue weighted by Gasteiger charge is 2.40. The molecule has 1 saturated carbocycles. The van der Waals surface area contributed by atoms with E-state index in [9.17, 15) is 13.2 Å². The molecule has 0 bridgehead atoms. The van der Waals surface area contributed by atoms with Crippen LogP contribution in [0.5, 0.6) is 17.4 Å². The highest BCUT2D eigenvalue weighted by atomic mass is 35.5. The van der Waals surface area contributed by atoms with Crippen molar-refractivity contribution >= 4 is 27.5 Å². The van der Waals surface area contributed by atoms with Crippen LogP contribution in [0.15, 0.2) is 29.3 Å². The second-order valence-electron chi connectivity index (χ2n) is 7.98. The van der Waals surface area contributed by atoms with E-state index in [-0.39, 0.29) is 33.4 Å². The fourth-order valence-corrected chi connectivity index (χ4v) is 5.65. The van der Waals surface area contributed by atoms with Gasteiger partial charge < -0.3 is 15.2 Å². The molecule has 10 heteroatoms. The van der Waals surface area contributed by atoms with E-state index in [2.05, 4.69) is 4.98 Å². The number of benzene rings is 1. The number of ether oxygens (including phenoxy) is 2. The third-order valence-electron chi connectivity index (χ3n) is 5.18. The summed E-state index contributed by atoms with van der Waals surface area (Å²) in [7, 11) is -3.87. The van der Waals surface area contributed by atoms with Crippen molar-refractivity contribution in [2.75, 3.05) is 13.1 Å². The van der Waals surface area contributed by atoms with Crippen molar-refractivity contribution in [3.05, 3.63) is 40.5 Å². The van der Waals surface area contributed by atoms with Gasteiger partial charge >= 0.3 is 0 Å². The van der Waals surface area contributed by atoms with Crippen LogP contribution in [0.1, 0.15) is 54.9 Å². The highest BCUT2D eigenvalue weighted by molar-refractivity contribution is 7.89. The molecule has 2 N–H and O–H groups in total. The summed E-state index contributed by atoms with van der Waals surface area (Å²) in [5.41, 5.74) is 6.01. The van der Waals surface area contributed by atoms with E-state index in [0.29, 0.717) is 30.2 Å². The van der Waals surface area contributed by atoms with Gasteiger partial charge in [0.1, 0.15) is 21.4 Å². The van der Waals surface area contributed by atoms with Crippen LogP contribution >= 0.6 is 11.6 Å². The number of primary amides is 1. The van der Waals surface area contributed by atoms with Crippen molar-refractivity contribution in [3.63, 3.8) is 0 Å². The molecule has 2 aliphatic rings. The zero-order valence-electron chi connectivity index (χ0n) is 17.3. The largest absolute Gasteiger partial charge is 0.474 e. The maximum atomic E-state index is 13.3. The summed E-state index contributed by atoms with van der Waals surface area (Å²) in [6.45, 7) is 4.58. The Morgan fingerprint density at radius 1 is 1.29 bits per heavy atom. The monoisotopic (exact) mass is 465 g/mol. The lowest BCUT2D eigenvalue weighted by Gasteiger charge is -2.31. The summed E-state index contributed by atoms with van der Waals surface area (Å²) in [6.07, 6.45) is 3.78. The van der Waals surface area contributed by atoms with Gasteiger partial charge in [-0.05, 0) is 51.2 Å². The molecule has 166 valence electrons. The SMILES string of the molecule is CC(C)Oc1ncc(Oc2ccc(C(N)=O)c(S(=O)(=O)N3CCC3)c2C2CC2)cc1Cl. The molecule has 1 aliphatic carbocycles. The molecule has 1 aromatic carbocycles. The maximum absolute atomic E-state index is 13.3. The molecule has 0 atom stereocenters. The maximum Gasteiger partial charge on any atom is 0.250 e. The Morgan fingerprint density at radius 2 is 2.00 bits per heavy atom. The van der Waals surface area contributed by atoms with Crippen LogP contribution in [0.25, 0.3) is 0 Å². The van der Waals surface area contributed by atoms with E-state index in [4.69, 9.17) is 26.8 Å². The summed E-state index contributed by atoms with van der Waals surface area (Å²) < 4.78 is 39.5. The highest BCUT2D eigenvalue weighted by Crippen LogP contribution is 2.50. The average Bonchev–Trinajstić information content (AvgIpc) is 3.46. The van der Waals surface area contributed by atoms with Gasteiger partial charge in [0.15, 0.2) is 0 Å². The summed E-state index contributed by atoms with van der Waals surface area (Å²) >= 11 is 6.26. The predicted octanol–water partition coefficient (Wildman–Crippen LogP) is 3.69. The zero-order chi connectivity index (χ0) is 22.3. The van der Waals surface area contributed by atoms with Gasteiger partial charge in [0.2, 0.25) is 21.8 Å². The number of pyridine rings is 1. The van der Waals surface area contributed by atoms with Crippen LogP contribution < -0.4 is 15.2 Å². The smallest absolute Gasteiger partial charge is 0.250 e. The number of aromatic nitrogens is 1. The molecule has 1 saturated heterocycles. The molecule has 2 fully saturated rings. The van der Waals surface area contributed by atoms with Gasteiger partial charge in [-0.2, -0.15) is 4.31 Å². The first-order valence-electron chi connectivity index (χ1n) is 10.2. The van der Waals surface area contributed by atoms with E-state index < -0.39 is 15.9 Å². The number of sulfonamides is 1. The van der Waals surface area contributed by atoms with Crippen molar-refractivity contribution < 1.29 is 22.7 Å². The minimum atomic E-state index is -3.87. The summed E-state index contributed by atoms with van der Waals surface area (Å²) in [5.74, 6) is 0.167. The number of rotatable bonds is 8. The normalized spacial score (nSPS) is 16.8. The molecule has 4 rings (SSSR count). The van der Waals surface area contributed by atoms with Crippen LogP contribution in [0, 0.1) is 0 Å². The number of nitrogens with two attached hydrogens (primary N) is 1. The fraction of sp³-hybridized carbons (Fsp3) is 0.429. The van der Waals surface area contributed by atoms with Gasteiger partial charge in [-0.1, -0.05) is 11.6 Å². The summed E-state index contributed by atoms with van der Waals surface area (Å²) in [6, 6.07) is 4.55. The van der Waals surface area contributed by atoms with E-state index in [0.717, 1.165) is 19.3 Å². The van der Waals surface area contributed by atoms with Gasteiger partial charge in [0.05, 0.1) is 17.9 Å². The Labute approximate surface area is 186 Å². The molecular weight excluding hydrogens is 442 g/mol. The number of carbonyl (C=O) groups excluding carboxylic acids is 1. The lowest BCUT2D eigenvalue weighted by Crippen LogP contribution is -2.43. The topological polar surface area (TPSA) is 112 Å². The van der Waals surface area contributed by atoms with E-state index in [1.807, 2.05) is 13.8 Å². The molecule has 1 amide bonds. The first-order chi connectivity index (χ1) is 14.7. The van der Waals surface area contributed by atoms with Gasteiger partial charge in [-0.25, -0.2) is 13.4 Å². The number of carbonyl (C=O) groups is 1. The van der Waals surface area contributed by atoms with Crippen molar-refractivity contribution in [1.82, 2.24) is 9.29 Å². The number of nitrogens with zero attached hydrogens (tertiary/aromatic N) is 2. The quantitative estimate of drug-likeness (QED) is 0.636. The molecule has 2 heterocycles. The molecule has 31 heavy (non-hydrogen) atoms. The zero-order valence-corrected chi connectivity index (χ0v) is 18.9. The molecule has 0 radical (unpaired) electrons. The Kier molecular flexibility index (Phi) is 5.85. The Balaban J connectivity index is 1.78. The summed E-state index contributed by atoms with van der Waals surface area (Å²) in [5, 5.41) is 0.279. The number of hydrogen-bond acceptors (Lipinski definition) is 6. The minimum absolute atomic E-state index is 0.0158. The van der Waals surface area contributed by atoms with E-state index in [1.54, 1.807) is 12.1 Å². The van der Waals surface area contributed by atoms with E-state index in [1.165, 1.54) is 16.6 Å². The molecule has 1 aromatic heterocycles. The number of hydrogen-bond donors (Lipinski definition) is 1. The number of halogens is 1. The molecule has 2 aromatic rings. The Morgan fingerprint density at radius 3 is 2.52 bits per heavy atom. The van der Waals surface area contributed by atoms with E-state index >= 15 is 0 Å². The lowest BCUT2D eigenvalue weighted by molar-refractivity contribution is 0.0996. The molecule has 0 unspecified atom stereocenters. The van der Waals surface area contributed by atoms with Crippen molar-refractivity contribution in [3.8, 4) is 17.4 Å². The van der Waals surface area contributed by atoms with Crippen molar-refractivity contribution in [2.45, 2.75) is 50.0 Å². The third-order valence-corrected chi connectivity index (χ3v) is 7.45. The van der Waals surface area contributed by atoms with Gasteiger partial charge in [0.25, 0.3) is 0 Å². The molecule has 0 spiro atoms. The number of amides is 1. The molecular formula is C21H24ClN3O5S. The average molecular weight is 466 g/mol. The van der Waals surface area contributed by atoms with Crippen molar-refractivity contribution in [1.29, 1.82) is 0 Å². The Bertz CT molecular complexity index is 1130. The van der Waals surface area contributed by atoms with Crippen LogP contribution in [-0.2, 0) is 10.0 Å². The van der Waals surface area contributed by atoms with Gasteiger partial charge in [0, 0.05) is 24.7 Å². The minimum Gasteiger partial charge on any atom is -0.474 e. The van der Waals surface area contributed by atoms with Gasteiger partial charge in [-0.3, -0.25) is 4.79 Å². The van der Waals surface area contributed by atoms with Crippen LogP contribution in [-0.4, -0.2) is 42.8 Å². The van der Waals surface area contributed by atoms with Crippen LogP contribution in [0.4, 0.5) is 0 Å².